The fourth-order valence-electron chi connectivity index (χ4n) is 3.80. The fraction of sp³-hybridized carbons (Fsp3) is 0.667. The summed E-state index contributed by atoms with van der Waals surface area (Å²) >= 11 is 0. The third-order valence-electron chi connectivity index (χ3n) is 4.94. The average molecular weight is 257 g/mol. The van der Waals surface area contributed by atoms with Gasteiger partial charge in [-0.25, -0.2) is 0 Å². The zero-order chi connectivity index (χ0) is 13.6. The largest absolute Gasteiger partial charge is 0.299 e. The number of rotatable bonds is 1. The van der Waals surface area contributed by atoms with Gasteiger partial charge >= 0.3 is 0 Å². The van der Waals surface area contributed by atoms with E-state index in [-0.39, 0.29) is 5.41 Å². The van der Waals surface area contributed by atoms with Crippen LogP contribution in [0.3, 0.4) is 0 Å². The number of hydrogen-bond acceptors (Lipinski definition) is 1. The minimum absolute atomic E-state index is 0.271. The highest BCUT2D eigenvalue weighted by molar-refractivity contribution is 5.46. The molecule has 0 saturated carbocycles. The van der Waals surface area contributed by atoms with Crippen LogP contribution < -0.4 is 0 Å². The van der Waals surface area contributed by atoms with Crippen LogP contribution in [0.5, 0.6) is 0 Å². The molecule has 0 unspecified atom stereocenters. The number of likely N-dealkylation sites (N-methyl/N-ethyl adjacent to an activating group) is 1. The zero-order valence-electron chi connectivity index (χ0n) is 12.9. The molecule has 1 aliphatic heterocycles. The van der Waals surface area contributed by atoms with Crippen LogP contribution in [0.4, 0.5) is 0 Å². The molecule has 0 N–H and O–H groups in total. The molecular weight excluding hydrogens is 230 g/mol. The number of aryl methyl sites for hydroxylation is 1. The molecule has 3 rings (SSSR count). The summed E-state index contributed by atoms with van der Waals surface area (Å²) in [6, 6.07) is 5.01. The molecule has 1 aromatic carbocycles. The molecule has 1 aliphatic carbocycles. The van der Waals surface area contributed by atoms with Crippen LogP contribution in [0.25, 0.3) is 0 Å². The number of hydrogen-bond donors (Lipinski definition) is 0. The van der Waals surface area contributed by atoms with Crippen LogP contribution in [0.1, 0.15) is 68.7 Å². The molecule has 0 aromatic heterocycles. The van der Waals surface area contributed by atoms with Crippen molar-refractivity contribution in [2.24, 2.45) is 0 Å². The van der Waals surface area contributed by atoms with Crippen molar-refractivity contribution >= 4 is 0 Å². The molecule has 0 spiro atoms. The third kappa shape index (κ3) is 2.33. The van der Waals surface area contributed by atoms with E-state index in [1.807, 2.05) is 0 Å². The van der Waals surface area contributed by atoms with Crippen molar-refractivity contribution in [3.05, 3.63) is 34.4 Å². The lowest BCUT2D eigenvalue weighted by Gasteiger charge is -2.39. The molecule has 0 amide bonds. The maximum atomic E-state index is 2.62. The Bertz CT molecular complexity index is 481. The van der Waals surface area contributed by atoms with Gasteiger partial charge in [0.25, 0.3) is 0 Å². The summed E-state index contributed by atoms with van der Waals surface area (Å²) in [5.74, 6) is 0.807. The molecule has 0 fully saturated rings. The summed E-state index contributed by atoms with van der Waals surface area (Å²) in [6.45, 7) is 12.9. The lowest BCUT2D eigenvalue weighted by atomic mass is 9.74. The van der Waals surface area contributed by atoms with Gasteiger partial charge in [-0.15, -0.1) is 0 Å². The highest BCUT2D eigenvalue weighted by Crippen LogP contribution is 2.40. The maximum Gasteiger partial charge on any atom is 0.0236 e. The Morgan fingerprint density at radius 2 is 1.95 bits per heavy atom. The van der Waals surface area contributed by atoms with E-state index in [2.05, 4.69) is 44.7 Å². The smallest absolute Gasteiger partial charge is 0.0236 e. The van der Waals surface area contributed by atoms with Crippen molar-refractivity contribution in [2.75, 3.05) is 13.1 Å². The first kappa shape index (κ1) is 13.2. The first-order valence-electron chi connectivity index (χ1n) is 7.87. The van der Waals surface area contributed by atoms with E-state index >= 15 is 0 Å². The van der Waals surface area contributed by atoms with Crippen molar-refractivity contribution < 1.29 is 0 Å². The Kier molecular flexibility index (Phi) is 3.21. The summed E-state index contributed by atoms with van der Waals surface area (Å²) in [6.07, 6.45) is 4.07. The second-order valence-electron chi connectivity index (χ2n) is 7.38. The van der Waals surface area contributed by atoms with Gasteiger partial charge in [-0.3, -0.25) is 4.90 Å². The van der Waals surface area contributed by atoms with Gasteiger partial charge in [-0.05, 0) is 59.4 Å². The number of nitrogens with zero attached hydrogens (tertiary/aromatic N) is 1. The van der Waals surface area contributed by atoms with E-state index in [1.54, 1.807) is 16.7 Å². The Labute approximate surface area is 118 Å². The Hall–Kier alpha value is -0.820. The van der Waals surface area contributed by atoms with Gasteiger partial charge in [-0.1, -0.05) is 39.8 Å². The first-order chi connectivity index (χ1) is 8.99. The molecule has 0 radical (unpaired) electrons. The predicted octanol–water partition coefficient (Wildman–Crippen LogP) is 4.24. The van der Waals surface area contributed by atoms with Crippen molar-refractivity contribution in [3.8, 4) is 0 Å². The van der Waals surface area contributed by atoms with Gasteiger partial charge in [-0.2, -0.15) is 0 Å². The average Bonchev–Trinajstić information content (AvgIpc) is 2.37. The molecule has 104 valence electrons. The SMILES string of the molecule is CCN1Cc2cc(C(C)(C)C)cc3c2[C@@H](CCC3)C1. The van der Waals surface area contributed by atoms with Crippen LogP contribution in [-0.2, 0) is 18.4 Å². The number of benzene rings is 1. The summed E-state index contributed by atoms with van der Waals surface area (Å²) in [7, 11) is 0. The van der Waals surface area contributed by atoms with Crippen LogP contribution in [-0.4, -0.2) is 18.0 Å². The van der Waals surface area contributed by atoms with Gasteiger partial charge in [0.05, 0.1) is 0 Å². The molecule has 0 saturated heterocycles. The Morgan fingerprint density at radius 3 is 2.63 bits per heavy atom. The summed E-state index contributed by atoms with van der Waals surface area (Å²) < 4.78 is 0. The van der Waals surface area contributed by atoms with E-state index in [0.717, 1.165) is 5.92 Å². The molecular formula is C18H27N. The standard InChI is InChI=1S/C18H27N/c1-5-19-11-14-8-6-7-13-9-16(18(2,3)4)10-15(12-19)17(13)14/h9-10,14H,5-8,11-12H2,1-4H3/t14-/m0/s1. The van der Waals surface area contributed by atoms with E-state index in [1.165, 1.54) is 44.5 Å². The lowest BCUT2D eigenvalue weighted by Crippen LogP contribution is -2.36. The van der Waals surface area contributed by atoms with Crippen LogP contribution in [0, 0.1) is 0 Å². The molecule has 2 aliphatic rings. The first-order valence-corrected chi connectivity index (χ1v) is 7.87. The minimum atomic E-state index is 0.271. The van der Waals surface area contributed by atoms with Gasteiger partial charge in [0.2, 0.25) is 0 Å². The van der Waals surface area contributed by atoms with Crippen molar-refractivity contribution in [3.63, 3.8) is 0 Å². The Balaban J connectivity index is 2.10. The quantitative estimate of drug-likeness (QED) is 0.727. The van der Waals surface area contributed by atoms with Gasteiger partial charge < -0.3 is 0 Å². The molecule has 1 nitrogen and oxygen atoms in total. The van der Waals surface area contributed by atoms with Gasteiger partial charge in [0.1, 0.15) is 0 Å². The minimum Gasteiger partial charge on any atom is -0.299 e. The predicted molar refractivity (Wildman–Crippen MR) is 81.8 cm³/mol. The van der Waals surface area contributed by atoms with E-state index < -0.39 is 0 Å². The van der Waals surface area contributed by atoms with Crippen LogP contribution >= 0.6 is 0 Å². The summed E-state index contributed by atoms with van der Waals surface area (Å²) in [5.41, 5.74) is 6.81. The van der Waals surface area contributed by atoms with Crippen LogP contribution in [0.2, 0.25) is 0 Å². The van der Waals surface area contributed by atoms with Gasteiger partial charge in [0, 0.05) is 13.1 Å². The van der Waals surface area contributed by atoms with Crippen molar-refractivity contribution in [1.29, 1.82) is 0 Å². The van der Waals surface area contributed by atoms with Gasteiger partial charge in [0.15, 0.2) is 0 Å². The molecule has 1 heteroatoms. The second-order valence-corrected chi connectivity index (χ2v) is 7.38. The molecule has 1 heterocycles. The molecule has 1 atom stereocenters. The monoisotopic (exact) mass is 257 g/mol. The highest BCUT2D eigenvalue weighted by Gasteiger charge is 2.30. The molecule has 1 aromatic rings. The summed E-state index contributed by atoms with van der Waals surface area (Å²) in [5, 5.41) is 0. The highest BCUT2D eigenvalue weighted by atomic mass is 15.1. The zero-order valence-corrected chi connectivity index (χ0v) is 12.9. The van der Waals surface area contributed by atoms with Crippen LogP contribution in [0.15, 0.2) is 12.1 Å². The van der Waals surface area contributed by atoms with E-state index in [4.69, 9.17) is 0 Å². The maximum absolute atomic E-state index is 2.62. The second kappa shape index (κ2) is 4.63. The lowest BCUT2D eigenvalue weighted by molar-refractivity contribution is 0.230. The van der Waals surface area contributed by atoms with Crippen molar-refractivity contribution in [1.82, 2.24) is 4.90 Å². The van der Waals surface area contributed by atoms with E-state index in [0.29, 0.717) is 0 Å². The van der Waals surface area contributed by atoms with Crippen molar-refractivity contribution in [2.45, 2.75) is 64.8 Å². The molecule has 0 bridgehead atoms. The fourth-order valence-corrected chi connectivity index (χ4v) is 3.80. The third-order valence-corrected chi connectivity index (χ3v) is 4.94. The Morgan fingerprint density at radius 1 is 1.21 bits per heavy atom. The summed E-state index contributed by atoms with van der Waals surface area (Å²) in [4.78, 5) is 2.62. The van der Waals surface area contributed by atoms with E-state index in [9.17, 15) is 0 Å². The topological polar surface area (TPSA) is 3.24 Å². The normalized spacial score (nSPS) is 23.3. The molecule has 19 heavy (non-hydrogen) atoms.